The lowest BCUT2D eigenvalue weighted by Crippen LogP contribution is -2.40. The van der Waals surface area contributed by atoms with Gasteiger partial charge in [-0.2, -0.15) is 0 Å². The molecule has 6 heteroatoms. The fourth-order valence-corrected chi connectivity index (χ4v) is 3.52. The lowest BCUT2D eigenvalue weighted by atomic mass is 10.2. The molecule has 2 aromatic heterocycles. The zero-order valence-corrected chi connectivity index (χ0v) is 13.4. The molecule has 2 heterocycles. The molecule has 1 aliphatic rings. The Labute approximate surface area is 129 Å². The van der Waals surface area contributed by atoms with Crippen LogP contribution < -0.4 is 11.2 Å². The molecule has 0 radical (unpaired) electrons. The second kappa shape index (κ2) is 6.10. The van der Waals surface area contributed by atoms with Gasteiger partial charge in [0.05, 0.1) is 6.33 Å². The molecule has 0 unspecified atom stereocenters. The largest absolute Gasteiger partial charge is 0.332 e. The lowest BCUT2D eigenvalue weighted by Gasteiger charge is -2.16. The summed E-state index contributed by atoms with van der Waals surface area (Å²) >= 11 is 0. The van der Waals surface area contributed by atoms with Crippen molar-refractivity contribution in [1.29, 1.82) is 0 Å². The van der Waals surface area contributed by atoms with Crippen molar-refractivity contribution in [2.24, 2.45) is 0 Å². The molecule has 0 saturated heterocycles. The van der Waals surface area contributed by atoms with Crippen molar-refractivity contribution in [3.63, 3.8) is 0 Å². The fourth-order valence-electron chi connectivity index (χ4n) is 3.52. The molecule has 0 aliphatic heterocycles. The Morgan fingerprint density at radius 3 is 2.36 bits per heavy atom. The van der Waals surface area contributed by atoms with Crippen molar-refractivity contribution in [3.8, 4) is 0 Å². The Morgan fingerprint density at radius 2 is 1.73 bits per heavy atom. The molecule has 0 N–H and O–H groups in total. The summed E-state index contributed by atoms with van der Waals surface area (Å²) in [6.45, 7) is 5.09. The van der Waals surface area contributed by atoms with Crippen molar-refractivity contribution < 1.29 is 0 Å². The topological polar surface area (TPSA) is 61.8 Å². The average molecular weight is 304 g/mol. The maximum absolute atomic E-state index is 12.7. The van der Waals surface area contributed by atoms with Crippen LogP contribution in [-0.2, 0) is 13.1 Å². The zero-order valence-electron chi connectivity index (χ0n) is 13.4. The molecular weight excluding hydrogens is 280 g/mol. The first-order chi connectivity index (χ1) is 10.7. The first-order valence-corrected chi connectivity index (χ1v) is 8.39. The van der Waals surface area contributed by atoms with E-state index in [-0.39, 0.29) is 11.2 Å². The predicted octanol–water partition coefficient (Wildman–Crippen LogP) is 2.29. The Bertz CT molecular complexity index is 778. The van der Waals surface area contributed by atoms with E-state index < -0.39 is 0 Å². The van der Waals surface area contributed by atoms with Gasteiger partial charge < -0.3 is 4.57 Å². The number of fused-ring (bicyclic) bond motifs is 1. The zero-order chi connectivity index (χ0) is 15.7. The summed E-state index contributed by atoms with van der Waals surface area (Å²) in [4.78, 5) is 29.7. The van der Waals surface area contributed by atoms with E-state index in [0.717, 1.165) is 31.3 Å². The number of aryl methyl sites for hydroxylation is 1. The second-order valence-electron chi connectivity index (χ2n) is 6.15. The molecule has 22 heavy (non-hydrogen) atoms. The van der Waals surface area contributed by atoms with E-state index >= 15 is 0 Å². The summed E-state index contributed by atoms with van der Waals surface area (Å²) in [5, 5.41) is 0. The molecule has 0 bridgehead atoms. The molecule has 1 saturated carbocycles. The summed E-state index contributed by atoms with van der Waals surface area (Å²) in [5.74, 6) is 0. The number of rotatable bonds is 5. The maximum Gasteiger partial charge on any atom is 0.332 e. The van der Waals surface area contributed by atoms with E-state index in [1.54, 1.807) is 10.9 Å². The van der Waals surface area contributed by atoms with Crippen molar-refractivity contribution in [1.82, 2.24) is 18.7 Å². The SMILES string of the molecule is CCCn1c(=O)c2ncn(C3CCCC3)c2n(CCC)c1=O. The Kier molecular flexibility index (Phi) is 4.18. The van der Waals surface area contributed by atoms with Gasteiger partial charge in [0.1, 0.15) is 5.65 Å². The molecule has 1 aliphatic carbocycles. The highest BCUT2D eigenvalue weighted by Crippen LogP contribution is 2.31. The number of aromatic nitrogens is 4. The number of nitrogens with zero attached hydrogens (tertiary/aromatic N) is 4. The quantitative estimate of drug-likeness (QED) is 0.851. The van der Waals surface area contributed by atoms with E-state index in [9.17, 15) is 9.59 Å². The van der Waals surface area contributed by atoms with Crippen LogP contribution in [0, 0.1) is 0 Å². The smallest absolute Gasteiger partial charge is 0.313 e. The second-order valence-corrected chi connectivity index (χ2v) is 6.15. The van der Waals surface area contributed by atoms with Crippen LogP contribution in [0.1, 0.15) is 58.4 Å². The fraction of sp³-hybridized carbons (Fsp3) is 0.688. The van der Waals surface area contributed by atoms with E-state index in [1.165, 1.54) is 17.4 Å². The van der Waals surface area contributed by atoms with Crippen LogP contribution in [0.25, 0.3) is 11.2 Å². The minimum Gasteiger partial charge on any atom is -0.313 e. The first-order valence-electron chi connectivity index (χ1n) is 8.39. The van der Waals surface area contributed by atoms with E-state index in [2.05, 4.69) is 9.55 Å². The van der Waals surface area contributed by atoms with Crippen molar-refractivity contribution in [3.05, 3.63) is 27.2 Å². The molecule has 0 spiro atoms. The molecular formula is C16H24N4O2. The molecule has 0 amide bonds. The average Bonchev–Trinajstić information content (AvgIpc) is 3.16. The monoisotopic (exact) mass is 304 g/mol. The Hall–Kier alpha value is -1.85. The van der Waals surface area contributed by atoms with Crippen LogP contribution in [0.5, 0.6) is 0 Å². The lowest BCUT2D eigenvalue weighted by molar-refractivity contribution is 0.502. The molecule has 6 nitrogen and oxygen atoms in total. The van der Waals surface area contributed by atoms with Gasteiger partial charge >= 0.3 is 5.69 Å². The Morgan fingerprint density at radius 1 is 1.09 bits per heavy atom. The molecule has 2 aromatic rings. The maximum atomic E-state index is 12.7. The summed E-state index contributed by atoms with van der Waals surface area (Å²) < 4.78 is 5.15. The van der Waals surface area contributed by atoms with Crippen LogP contribution in [0.2, 0.25) is 0 Å². The van der Waals surface area contributed by atoms with Gasteiger partial charge in [-0.3, -0.25) is 13.9 Å². The molecule has 120 valence electrons. The number of hydrogen-bond donors (Lipinski definition) is 0. The molecule has 3 rings (SSSR count). The van der Waals surface area contributed by atoms with Gasteiger partial charge in [-0.05, 0) is 25.7 Å². The highest BCUT2D eigenvalue weighted by atomic mass is 16.2. The summed E-state index contributed by atoms with van der Waals surface area (Å²) in [5.41, 5.74) is 0.719. The van der Waals surface area contributed by atoms with Crippen molar-refractivity contribution >= 4 is 11.2 Å². The number of imidazole rings is 1. The summed E-state index contributed by atoms with van der Waals surface area (Å²) in [6, 6.07) is 0.369. The van der Waals surface area contributed by atoms with Gasteiger partial charge in [-0.25, -0.2) is 9.78 Å². The van der Waals surface area contributed by atoms with E-state index in [1.807, 2.05) is 13.8 Å². The minimum atomic E-state index is -0.244. The van der Waals surface area contributed by atoms with Gasteiger partial charge in [0, 0.05) is 19.1 Å². The standard InChI is InChI=1S/C16H24N4O2/c1-3-9-18-14-13(15(21)19(10-4-2)16(18)22)17-11-20(14)12-7-5-6-8-12/h11-12H,3-10H2,1-2H3. The van der Waals surface area contributed by atoms with Crippen molar-refractivity contribution in [2.45, 2.75) is 71.5 Å². The van der Waals surface area contributed by atoms with Gasteiger partial charge in [0.25, 0.3) is 5.56 Å². The van der Waals surface area contributed by atoms with E-state index in [0.29, 0.717) is 24.6 Å². The van der Waals surface area contributed by atoms with Gasteiger partial charge in [0.15, 0.2) is 5.52 Å². The minimum absolute atomic E-state index is 0.194. The van der Waals surface area contributed by atoms with Gasteiger partial charge in [-0.1, -0.05) is 26.7 Å². The third-order valence-corrected chi connectivity index (χ3v) is 4.55. The van der Waals surface area contributed by atoms with Crippen LogP contribution in [0.15, 0.2) is 15.9 Å². The molecule has 1 fully saturated rings. The highest BCUT2D eigenvalue weighted by Gasteiger charge is 2.23. The normalized spacial score (nSPS) is 15.9. The van der Waals surface area contributed by atoms with Gasteiger partial charge in [-0.15, -0.1) is 0 Å². The molecule has 0 atom stereocenters. The van der Waals surface area contributed by atoms with Gasteiger partial charge in [0.2, 0.25) is 0 Å². The van der Waals surface area contributed by atoms with Crippen LogP contribution in [0.3, 0.4) is 0 Å². The van der Waals surface area contributed by atoms with Crippen LogP contribution in [-0.4, -0.2) is 18.7 Å². The first kappa shape index (κ1) is 15.1. The van der Waals surface area contributed by atoms with Crippen LogP contribution in [0.4, 0.5) is 0 Å². The predicted molar refractivity (Wildman–Crippen MR) is 86.3 cm³/mol. The number of hydrogen-bond acceptors (Lipinski definition) is 3. The third kappa shape index (κ3) is 2.30. The third-order valence-electron chi connectivity index (χ3n) is 4.55. The van der Waals surface area contributed by atoms with Crippen molar-refractivity contribution in [2.75, 3.05) is 0 Å². The Balaban J connectivity index is 2.30. The highest BCUT2D eigenvalue weighted by molar-refractivity contribution is 5.70. The van der Waals surface area contributed by atoms with Crippen LogP contribution >= 0.6 is 0 Å². The summed E-state index contributed by atoms with van der Waals surface area (Å²) in [7, 11) is 0. The van der Waals surface area contributed by atoms with E-state index in [4.69, 9.17) is 0 Å². The summed E-state index contributed by atoms with van der Waals surface area (Å²) in [6.07, 6.45) is 7.98. The molecule has 0 aromatic carbocycles.